The van der Waals surface area contributed by atoms with Gasteiger partial charge < -0.3 is 5.32 Å². The highest BCUT2D eigenvalue weighted by Crippen LogP contribution is 2.28. The summed E-state index contributed by atoms with van der Waals surface area (Å²) in [5, 5.41) is 7.00. The smallest absolute Gasteiger partial charge is 0.227 e. The average Bonchev–Trinajstić information content (AvgIpc) is 2.31. The van der Waals surface area contributed by atoms with Crippen molar-refractivity contribution in [3.63, 3.8) is 0 Å². The number of hydrogen-bond donors (Lipinski definition) is 1. The highest BCUT2D eigenvalue weighted by Gasteiger charge is 2.19. The van der Waals surface area contributed by atoms with E-state index < -0.39 is 0 Å². The monoisotopic (exact) mass is 229 g/mol. The topological polar surface area (TPSA) is 46.9 Å². The standard InChI is InChI=1S/C7H8BrN3O/c1-4-6(8)7-9-5(12)2-3-11(7)10-4/h2-3H2,1H3,(H,9,12). The molecule has 12 heavy (non-hydrogen) atoms. The maximum atomic E-state index is 11.0. The van der Waals surface area contributed by atoms with Crippen molar-refractivity contribution in [2.75, 3.05) is 5.32 Å². The molecule has 2 heterocycles. The second-order valence-corrected chi connectivity index (χ2v) is 3.56. The number of fused-ring (bicyclic) bond motifs is 1. The maximum absolute atomic E-state index is 11.0. The molecule has 0 saturated heterocycles. The number of carbonyl (C=O) groups excluding carboxylic acids is 1. The fraction of sp³-hybridized carbons (Fsp3) is 0.429. The Labute approximate surface area is 78.1 Å². The van der Waals surface area contributed by atoms with Crippen molar-refractivity contribution in [1.29, 1.82) is 0 Å². The molecule has 1 N–H and O–H groups in total. The van der Waals surface area contributed by atoms with Crippen molar-refractivity contribution in [2.24, 2.45) is 0 Å². The summed E-state index contributed by atoms with van der Waals surface area (Å²) in [6, 6.07) is 0. The van der Waals surface area contributed by atoms with Gasteiger partial charge in [0.25, 0.3) is 0 Å². The lowest BCUT2D eigenvalue weighted by molar-refractivity contribution is -0.116. The third-order valence-corrected chi connectivity index (χ3v) is 2.81. The summed E-state index contributed by atoms with van der Waals surface area (Å²) >= 11 is 3.37. The number of nitrogens with one attached hydrogen (secondary N) is 1. The molecule has 64 valence electrons. The molecule has 0 unspecified atom stereocenters. The minimum Gasteiger partial charge on any atom is -0.310 e. The number of aromatic nitrogens is 2. The molecule has 0 fully saturated rings. The van der Waals surface area contributed by atoms with E-state index in [-0.39, 0.29) is 5.91 Å². The summed E-state index contributed by atoms with van der Waals surface area (Å²) in [5.41, 5.74) is 0.909. The molecule has 0 saturated carbocycles. The van der Waals surface area contributed by atoms with Crippen LogP contribution >= 0.6 is 15.9 Å². The normalized spacial score (nSPS) is 15.7. The summed E-state index contributed by atoms with van der Waals surface area (Å²) in [5.74, 6) is 0.840. The van der Waals surface area contributed by atoms with E-state index in [1.807, 2.05) is 6.92 Å². The van der Waals surface area contributed by atoms with Gasteiger partial charge in [0, 0.05) is 6.42 Å². The zero-order valence-electron chi connectivity index (χ0n) is 6.59. The van der Waals surface area contributed by atoms with Crippen LogP contribution in [0.5, 0.6) is 0 Å². The highest BCUT2D eigenvalue weighted by molar-refractivity contribution is 9.10. The van der Waals surface area contributed by atoms with Crippen LogP contribution in [0.1, 0.15) is 12.1 Å². The third-order valence-electron chi connectivity index (χ3n) is 1.86. The molecular weight excluding hydrogens is 222 g/mol. The number of amides is 1. The van der Waals surface area contributed by atoms with Crippen molar-refractivity contribution < 1.29 is 4.79 Å². The molecular formula is C7H8BrN3O. The van der Waals surface area contributed by atoms with Crippen LogP contribution in [0.2, 0.25) is 0 Å². The van der Waals surface area contributed by atoms with Gasteiger partial charge in [-0.05, 0) is 22.9 Å². The first kappa shape index (κ1) is 7.79. The summed E-state index contributed by atoms with van der Waals surface area (Å²) < 4.78 is 2.69. The summed E-state index contributed by atoms with van der Waals surface area (Å²) in [7, 11) is 0. The van der Waals surface area contributed by atoms with E-state index in [0.29, 0.717) is 13.0 Å². The van der Waals surface area contributed by atoms with Crippen LogP contribution in [0.4, 0.5) is 5.82 Å². The molecule has 5 heteroatoms. The molecule has 1 aromatic rings. The lowest BCUT2D eigenvalue weighted by Gasteiger charge is -2.13. The van der Waals surface area contributed by atoms with Gasteiger partial charge in [0.15, 0.2) is 0 Å². The Morgan fingerprint density at radius 3 is 3.17 bits per heavy atom. The predicted molar refractivity (Wildman–Crippen MR) is 47.9 cm³/mol. The fourth-order valence-corrected chi connectivity index (χ4v) is 1.63. The molecule has 0 radical (unpaired) electrons. The molecule has 0 spiro atoms. The Morgan fingerprint density at radius 2 is 2.42 bits per heavy atom. The number of aryl methyl sites for hydroxylation is 2. The second-order valence-electron chi connectivity index (χ2n) is 2.77. The molecule has 1 aliphatic heterocycles. The Kier molecular flexibility index (Phi) is 1.68. The lowest BCUT2D eigenvalue weighted by atomic mass is 10.3. The lowest BCUT2D eigenvalue weighted by Crippen LogP contribution is -2.23. The molecule has 0 aromatic carbocycles. The largest absolute Gasteiger partial charge is 0.310 e. The second kappa shape index (κ2) is 2.58. The Bertz CT molecular complexity index is 345. The first-order valence-corrected chi connectivity index (χ1v) is 4.50. The average molecular weight is 230 g/mol. The number of nitrogens with zero attached hydrogens (tertiary/aromatic N) is 2. The SMILES string of the molecule is Cc1nn2c(c1Br)NC(=O)CC2. The molecule has 1 amide bonds. The number of hydrogen-bond acceptors (Lipinski definition) is 2. The number of halogens is 1. The van der Waals surface area contributed by atoms with Gasteiger partial charge in [-0.15, -0.1) is 0 Å². The van der Waals surface area contributed by atoms with Crippen molar-refractivity contribution in [3.05, 3.63) is 10.2 Å². The molecule has 0 bridgehead atoms. The van der Waals surface area contributed by atoms with Crippen LogP contribution in [0, 0.1) is 6.92 Å². The van der Waals surface area contributed by atoms with Gasteiger partial charge in [-0.1, -0.05) is 0 Å². The molecule has 4 nitrogen and oxygen atoms in total. The van der Waals surface area contributed by atoms with Gasteiger partial charge in [0.2, 0.25) is 5.91 Å². The summed E-state index contributed by atoms with van der Waals surface area (Å²) in [4.78, 5) is 11.0. The van der Waals surface area contributed by atoms with Gasteiger partial charge in [0.1, 0.15) is 5.82 Å². The van der Waals surface area contributed by atoms with E-state index in [4.69, 9.17) is 0 Å². The summed E-state index contributed by atoms with van der Waals surface area (Å²) in [6.45, 7) is 2.58. The molecule has 1 aromatic heterocycles. The predicted octanol–water partition coefficient (Wildman–Crippen LogP) is 1.30. The number of carbonyl (C=O) groups is 1. The molecule has 1 aliphatic rings. The van der Waals surface area contributed by atoms with Crippen molar-refractivity contribution in [3.8, 4) is 0 Å². The van der Waals surface area contributed by atoms with Gasteiger partial charge in [-0.3, -0.25) is 4.79 Å². The molecule has 2 rings (SSSR count). The van der Waals surface area contributed by atoms with Gasteiger partial charge in [-0.2, -0.15) is 5.10 Å². The minimum atomic E-state index is 0.0584. The Balaban J connectivity index is 2.50. The van der Waals surface area contributed by atoms with Crippen LogP contribution in [-0.4, -0.2) is 15.7 Å². The van der Waals surface area contributed by atoms with Crippen LogP contribution in [0.15, 0.2) is 4.47 Å². The fourth-order valence-electron chi connectivity index (χ4n) is 1.24. The number of rotatable bonds is 0. The summed E-state index contributed by atoms with van der Waals surface area (Å²) in [6.07, 6.45) is 0.514. The zero-order valence-corrected chi connectivity index (χ0v) is 8.18. The molecule has 0 aliphatic carbocycles. The third kappa shape index (κ3) is 1.04. The maximum Gasteiger partial charge on any atom is 0.227 e. The highest BCUT2D eigenvalue weighted by atomic mass is 79.9. The van der Waals surface area contributed by atoms with E-state index in [9.17, 15) is 4.79 Å². The Hall–Kier alpha value is -0.840. The van der Waals surface area contributed by atoms with E-state index in [1.54, 1.807) is 4.68 Å². The quantitative estimate of drug-likeness (QED) is 0.730. The minimum absolute atomic E-state index is 0.0584. The first-order valence-electron chi connectivity index (χ1n) is 3.71. The van der Waals surface area contributed by atoms with Crippen LogP contribution in [0.3, 0.4) is 0 Å². The zero-order chi connectivity index (χ0) is 8.72. The van der Waals surface area contributed by atoms with Crippen molar-refractivity contribution in [1.82, 2.24) is 9.78 Å². The van der Waals surface area contributed by atoms with Gasteiger partial charge in [-0.25, -0.2) is 4.68 Å². The Morgan fingerprint density at radius 1 is 1.67 bits per heavy atom. The van der Waals surface area contributed by atoms with E-state index in [1.165, 1.54) is 0 Å². The van der Waals surface area contributed by atoms with Crippen LogP contribution in [-0.2, 0) is 11.3 Å². The van der Waals surface area contributed by atoms with Crippen LogP contribution < -0.4 is 5.32 Å². The van der Waals surface area contributed by atoms with E-state index >= 15 is 0 Å². The van der Waals surface area contributed by atoms with Gasteiger partial charge >= 0.3 is 0 Å². The van der Waals surface area contributed by atoms with Crippen molar-refractivity contribution >= 4 is 27.7 Å². The molecule has 0 atom stereocenters. The number of anilines is 1. The van der Waals surface area contributed by atoms with E-state index in [0.717, 1.165) is 16.0 Å². The van der Waals surface area contributed by atoms with Crippen molar-refractivity contribution in [2.45, 2.75) is 19.9 Å². The van der Waals surface area contributed by atoms with Crippen LogP contribution in [0.25, 0.3) is 0 Å². The first-order chi connectivity index (χ1) is 5.68. The van der Waals surface area contributed by atoms with Gasteiger partial charge in [0.05, 0.1) is 16.7 Å². The van der Waals surface area contributed by atoms with E-state index in [2.05, 4.69) is 26.3 Å².